The van der Waals surface area contributed by atoms with Gasteiger partial charge in [0.2, 0.25) is 0 Å². The van der Waals surface area contributed by atoms with Crippen LogP contribution in [-0.4, -0.2) is 6.03 Å². The number of amides is 2. The molecule has 15 heavy (non-hydrogen) atoms. The predicted molar refractivity (Wildman–Crippen MR) is 50.0 cm³/mol. The normalized spacial score (nSPS) is 17.1. The summed E-state index contributed by atoms with van der Waals surface area (Å²) in [4.78, 5) is 23.5. The molecule has 0 unspecified atom stereocenters. The summed E-state index contributed by atoms with van der Waals surface area (Å²) in [5, 5.41) is 2.76. The fraction of sp³-hybridized carbons (Fsp3) is 0. The zero-order valence-corrected chi connectivity index (χ0v) is 7.54. The molecular weight excluding hydrogens is 196 g/mol. The smallest absolute Gasteiger partial charge is 0.368 e. The topological polar surface area (TPSA) is 66.3 Å². The SMILES string of the molecule is O=C1N=c2cccc(N3C=CON3)c2=N1. The number of para-hydroxylation sites is 1. The van der Waals surface area contributed by atoms with Crippen LogP contribution in [0.15, 0.2) is 40.6 Å². The Bertz CT molecular complexity index is 578. The minimum Gasteiger partial charge on any atom is -0.395 e. The van der Waals surface area contributed by atoms with Crippen LogP contribution in [0.2, 0.25) is 0 Å². The first-order valence-corrected chi connectivity index (χ1v) is 4.32. The molecule has 0 saturated heterocycles. The van der Waals surface area contributed by atoms with Gasteiger partial charge in [0.25, 0.3) is 0 Å². The van der Waals surface area contributed by atoms with Gasteiger partial charge in [-0.05, 0) is 12.1 Å². The number of nitrogens with one attached hydrogen (secondary N) is 1. The highest BCUT2D eigenvalue weighted by Crippen LogP contribution is 2.08. The van der Waals surface area contributed by atoms with Gasteiger partial charge in [-0.2, -0.15) is 9.98 Å². The molecule has 1 aromatic carbocycles. The summed E-state index contributed by atoms with van der Waals surface area (Å²) < 4.78 is 0. The molecule has 2 amide bonds. The van der Waals surface area contributed by atoms with Crippen molar-refractivity contribution in [3.63, 3.8) is 0 Å². The van der Waals surface area contributed by atoms with Crippen molar-refractivity contribution in [2.24, 2.45) is 9.98 Å². The number of hydrogen-bond acceptors (Lipinski definition) is 4. The van der Waals surface area contributed by atoms with Gasteiger partial charge in [0.15, 0.2) is 0 Å². The summed E-state index contributed by atoms with van der Waals surface area (Å²) in [6.07, 6.45) is 3.18. The maximum Gasteiger partial charge on any atom is 0.368 e. The van der Waals surface area contributed by atoms with Crippen molar-refractivity contribution in [1.29, 1.82) is 0 Å². The number of nitrogens with zero attached hydrogens (tertiary/aromatic N) is 3. The van der Waals surface area contributed by atoms with E-state index in [9.17, 15) is 4.79 Å². The summed E-state index contributed by atoms with van der Waals surface area (Å²) in [5.74, 6) is 0. The summed E-state index contributed by atoms with van der Waals surface area (Å²) in [7, 11) is 0. The number of hydrogen-bond donors (Lipinski definition) is 1. The second-order valence-corrected chi connectivity index (χ2v) is 3.02. The largest absolute Gasteiger partial charge is 0.395 e. The van der Waals surface area contributed by atoms with Crippen LogP contribution in [0.3, 0.4) is 0 Å². The lowest BCUT2D eigenvalue weighted by molar-refractivity contribution is 0.158. The van der Waals surface area contributed by atoms with Crippen LogP contribution in [0.4, 0.5) is 10.5 Å². The van der Waals surface area contributed by atoms with Crippen LogP contribution in [0.25, 0.3) is 0 Å². The third-order valence-corrected chi connectivity index (χ3v) is 2.11. The van der Waals surface area contributed by atoms with E-state index >= 15 is 0 Å². The molecule has 0 aromatic heterocycles. The van der Waals surface area contributed by atoms with Crippen molar-refractivity contribution in [2.75, 3.05) is 5.01 Å². The van der Waals surface area contributed by atoms with Gasteiger partial charge in [-0.25, -0.2) is 9.80 Å². The number of rotatable bonds is 1. The summed E-state index contributed by atoms with van der Waals surface area (Å²) >= 11 is 0. The van der Waals surface area contributed by atoms with Crippen molar-refractivity contribution in [1.82, 2.24) is 5.59 Å². The Morgan fingerprint density at radius 1 is 1.33 bits per heavy atom. The molecule has 0 radical (unpaired) electrons. The Kier molecular flexibility index (Phi) is 1.57. The van der Waals surface area contributed by atoms with Crippen LogP contribution >= 0.6 is 0 Å². The van der Waals surface area contributed by atoms with Crippen molar-refractivity contribution in [3.8, 4) is 0 Å². The molecule has 2 aliphatic heterocycles. The van der Waals surface area contributed by atoms with E-state index in [0.717, 1.165) is 5.69 Å². The standard InChI is InChI=1S/C9H6N4O2/c14-9-10-6-2-1-3-7(8(6)11-9)13-4-5-15-12-13/h1-5,12H. The molecule has 74 valence electrons. The van der Waals surface area contributed by atoms with Crippen molar-refractivity contribution in [2.45, 2.75) is 0 Å². The molecular formula is C9H6N4O2. The monoisotopic (exact) mass is 202 g/mol. The lowest BCUT2D eigenvalue weighted by Gasteiger charge is -2.12. The average Bonchev–Trinajstić information content (AvgIpc) is 2.82. The maximum atomic E-state index is 11.0. The average molecular weight is 202 g/mol. The molecule has 0 spiro atoms. The highest BCUT2D eigenvalue weighted by Gasteiger charge is 2.14. The van der Waals surface area contributed by atoms with Gasteiger partial charge in [0.1, 0.15) is 11.6 Å². The third kappa shape index (κ3) is 1.19. The third-order valence-electron chi connectivity index (χ3n) is 2.11. The highest BCUT2D eigenvalue weighted by molar-refractivity contribution is 5.78. The molecule has 0 atom stereocenters. The second-order valence-electron chi connectivity index (χ2n) is 3.02. The molecule has 0 saturated carbocycles. The summed E-state index contributed by atoms with van der Waals surface area (Å²) in [5.41, 5.74) is 3.36. The van der Waals surface area contributed by atoms with Gasteiger partial charge in [0.05, 0.1) is 17.2 Å². The molecule has 1 N–H and O–H groups in total. The molecule has 0 aliphatic carbocycles. The first kappa shape index (κ1) is 8.13. The predicted octanol–water partition coefficient (Wildman–Crippen LogP) is -0.213. The van der Waals surface area contributed by atoms with Crippen LogP contribution < -0.4 is 21.3 Å². The van der Waals surface area contributed by atoms with E-state index < -0.39 is 6.03 Å². The van der Waals surface area contributed by atoms with Crippen LogP contribution in [-0.2, 0) is 4.84 Å². The first-order chi connectivity index (χ1) is 7.34. The minimum atomic E-state index is -0.471. The lowest BCUT2D eigenvalue weighted by atomic mass is 10.3. The van der Waals surface area contributed by atoms with E-state index in [1.54, 1.807) is 23.3 Å². The van der Waals surface area contributed by atoms with E-state index in [1.165, 1.54) is 6.26 Å². The summed E-state index contributed by atoms with van der Waals surface area (Å²) in [6, 6.07) is 4.90. The van der Waals surface area contributed by atoms with Gasteiger partial charge in [-0.1, -0.05) is 11.7 Å². The number of fused-ring (bicyclic) bond motifs is 1. The fourth-order valence-electron chi connectivity index (χ4n) is 1.48. The van der Waals surface area contributed by atoms with Gasteiger partial charge < -0.3 is 4.84 Å². The number of benzene rings is 1. The van der Waals surface area contributed by atoms with Gasteiger partial charge >= 0.3 is 6.03 Å². The number of anilines is 1. The van der Waals surface area contributed by atoms with Crippen LogP contribution in [0.5, 0.6) is 0 Å². The first-order valence-electron chi connectivity index (χ1n) is 4.32. The molecule has 2 aliphatic rings. The molecule has 0 bridgehead atoms. The summed E-state index contributed by atoms with van der Waals surface area (Å²) in [6.45, 7) is 0. The molecule has 3 rings (SSSR count). The number of urea groups is 1. The van der Waals surface area contributed by atoms with Gasteiger partial charge in [-0.15, -0.1) is 0 Å². The Hall–Kier alpha value is -2.21. The zero-order valence-electron chi connectivity index (χ0n) is 7.54. The van der Waals surface area contributed by atoms with E-state index in [-0.39, 0.29) is 0 Å². The van der Waals surface area contributed by atoms with E-state index in [4.69, 9.17) is 4.84 Å². The molecule has 1 aromatic rings. The minimum absolute atomic E-state index is 0.471. The zero-order chi connectivity index (χ0) is 10.3. The number of carbonyl (C=O) groups excluding carboxylic acids is 1. The van der Waals surface area contributed by atoms with Crippen molar-refractivity contribution in [3.05, 3.63) is 41.4 Å². The molecule has 0 fully saturated rings. The fourth-order valence-corrected chi connectivity index (χ4v) is 1.48. The molecule has 6 nitrogen and oxygen atoms in total. The Balaban J connectivity index is 2.24. The van der Waals surface area contributed by atoms with E-state index in [2.05, 4.69) is 15.6 Å². The maximum absolute atomic E-state index is 11.0. The van der Waals surface area contributed by atoms with Crippen LogP contribution in [0, 0.1) is 0 Å². The van der Waals surface area contributed by atoms with E-state index in [1.807, 2.05) is 6.07 Å². The van der Waals surface area contributed by atoms with E-state index in [0.29, 0.717) is 10.7 Å². The Labute approximate surface area is 84.1 Å². The quantitative estimate of drug-likeness (QED) is 0.684. The van der Waals surface area contributed by atoms with Crippen molar-refractivity contribution < 1.29 is 9.63 Å². The van der Waals surface area contributed by atoms with Crippen molar-refractivity contribution >= 4 is 11.7 Å². The lowest BCUT2D eigenvalue weighted by Crippen LogP contribution is -2.35. The van der Waals surface area contributed by atoms with Crippen LogP contribution in [0.1, 0.15) is 0 Å². The molecule has 2 heterocycles. The van der Waals surface area contributed by atoms with Gasteiger partial charge in [0, 0.05) is 0 Å². The van der Waals surface area contributed by atoms with Gasteiger partial charge in [-0.3, -0.25) is 0 Å². The second kappa shape index (κ2) is 2.89. The Morgan fingerprint density at radius 2 is 2.27 bits per heavy atom. The Morgan fingerprint density at radius 3 is 3.07 bits per heavy atom. The molecule has 6 heteroatoms. The number of carbonyl (C=O) groups is 1. The highest BCUT2D eigenvalue weighted by atomic mass is 16.7. The number of hydrazine groups is 1.